The molecular formula is C14H21N2NaO3S. The van der Waals surface area contributed by atoms with E-state index in [2.05, 4.69) is 10.3 Å². The van der Waals surface area contributed by atoms with Crippen LogP contribution in [0.2, 0.25) is 0 Å². The molecule has 0 saturated heterocycles. The average Bonchev–Trinajstić information content (AvgIpc) is 2.88. The largest absolute Gasteiger partial charge is 1.00 e. The summed E-state index contributed by atoms with van der Waals surface area (Å²) in [6.45, 7) is 5.82. The van der Waals surface area contributed by atoms with Crippen molar-refractivity contribution in [1.29, 1.82) is 0 Å². The quantitative estimate of drug-likeness (QED) is 0.527. The molecule has 0 aliphatic heterocycles. The summed E-state index contributed by atoms with van der Waals surface area (Å²) >= 11 is 1.45. The van der Waals surface area contributed by atoms with E-state index >= 15 is 0 Å². The topological polar surface area (TPSA) is 63.3 Å². The fourth-order valence-corrected chi connectivity index (χ4v) is 2.74. The second-order valence-electron chi connectivity index (χ2n) is 4.27. The van der Waals surface area contributed by atoms with Crippen molar-refractivity contribution in [3.63, 3.8) is 0 Å². The van der Waals surface area contributed by atoms with Crippen LogP contribution in [0.25, 0.3) is 10.2 Å². The summed E-state index contributed by atoms with van der Waals surface area (Å²) in [5.74, 6) is 0.729. The maximum Gasteiger partial charge on any atom is 1.00 e. The molecule has 0 radical (unpaired) electrons. The molecular weight excluding hydrogens is 299 g/mol. The van der Waals surface area contributed by atoms with Gasteiger partial charge in [-0.1, -0.05) is 0 Å². The molecule has 0 aliphatic rings. The number of H-pyrrole nitrogens is 1. The zero-order valence-corrected chi connectivity index (χ0v) is 15.6. The maximum atomic E-state index is 11.9. The zero-order valence-electron chi connectivity index (χ0n) is 13.8. The van der Waals surface area contributed by atoms with Crippen LogP contribution in [0.1, 0.15) is 21.7 Å². The minimum Gasteiger partial charge on any atom is -1.00 e. The van der Waals surface area contributed by atoms with Gasteiger partial charge < -0.3 is 21.2 Å². The Morgan fingerprint density at radius 2 is 2.10 bits per heavy atom. The third-order valence-corrected chi connectivity index (χ3v) is 3.76. The Labute approximate surface area is 151 Å². The van der Waals surface area contributed by atoms with E-state index in [1.165, 1.54) is 11.3 Å². The van der Waals surface area contributed by atoms with E-state index in [4.69, 9.17) is 9.47 Å². The molecule has 112 valence electrons. The van der Waals surface area contributed by atoms with E-state index in [0.29, 0.717) is 19.8 Å². The van der Waals surface area contributed by atoms with Crippen molar-refractivity contribution in [2.75, 3.05) is 25.1 Å². The van der Waals surface area contributed by atoms with Gasteiger partial charge in [-0.2, -0.15) is 0 Å². The summed E-state index contributed by atoms with van der Waals surface area (Å²) in [4.78, 5) is 15.1. The standard InChI is InChI=1S/C14H20N2O3S.Na.H/c1-3-18-13(19-4-2)5-7-15-12-9-11(17)14-10(16-12)6-8-20-14;;/h6,8-9,13H,3-5,7H2,1-2H3,(H2,15,16,17);;/q;+1;-1. The average molecular weight is 320 g/mol. The Balaban J connectivity index is 0.00000220. The number of rotatable bonds is 8. The molecule has 2 heterocycles. The molecule has 0 amide bonds. The molecule has 2 aromatic heterocycles. The van der Waals surface area contributed by atoms with Crippen molar-refractivity contribution < 1.29 is 40.5 Å². The second-order valence-corrected chi connectivity index (χ2v) is 5.18. The van der Waals surface area contributed by atoms with Gasteiger partial charge in [0.05, 0.1) is 10.2 Å². The molecule has 2 aromatic rings. The number of aromatic nitrogens is 1. The van der Waals surface area contributed by atoms with Gasteiger partial charge in [-0.3, -0.25) is 4.79 Å². The molecule has 0 fully saturated rings. The van der Waals surface area contributed by atoms with Crippen molar-refractivity contribution in [1.82, 2.24) is 4.98 Å². The molecule has 0 spiro atoms. The van der Waals surface area contributed by atoms with E-state index in [0.717, 1.165) is 22.5 Å². The predicted octanol–water partition coefficient (Wildman–Crippen LogP) is -0.0928. The first kappa shape index (κ1) is 18.7. The van der Waals surface area contributed by atoms with E-state index in [1.54, 1.807) is 6.07 Å². The van der Waals surface area contributed by atoms with Crippen molar-refractivity contribution in [3.05, 3.63) is 27.7 Å². The number of hydrogen-bond donors (Lipinski definition) is 2. The van der Waals surface area contributed by atoms with Gasteiger partial charge in [0.15, 0.2) is 6.29 Å². The van der Waals surface area contributed by atoms with Gasteiger partial charge in [-0.15, -0.1) is 11.3 Å². The summed E-state index contributed by atoms with van der Waals surface area (Å²) in [6.07, 6.45) is 0.528. The van der Waals surface area contributed by atoms with Gasteiger partial charge in [0, 0.05) is 32.2 Å². The number of fused-ring (bicyclic) bond motifs is 1. The van der Waals surface area contributed by atoms with Crippen LogP contribution in [-0.2, 0) is 9.47 Å². The maximum absolute atomic E-state index is 11.9. The summed E-state index contributed by atoms with van der Waals surface area (Å²) in [6, 6.07) is 3.50. The van der Waals surface area contributed by atoms with Crippen LogP contribution in [0.4, 0.5) is 5.82 Å². The first-order valence-corrected chi connectivity index (χ1v) is 7.70. The summed E-state index contributed by atoms with van der Waals surface area (Å²) < 4.78 is 11.7. The fraction of sp³-hybridized carbons (Fsp3) is 0.500. The van der Waals surface area contributed by atoms with E-state index in [1.807, 2.05) is 25.3 Å². The Bertz CT molecular complexity index is 599. The first-order valence-electron chi connectivity index (χ1n) is 6.82. The number of aromatic amines is 1. The SMILES string of the molecule is CCOC(CCNc1cc(=O)c2sccc2[nH]1)OCC.[H-].[Na+]. The second kappa shape index (κ2) is 9.61. The van der Waals surface area contributed by atoms with Gasteiger partial charge >= 0.3 is 29.6 Å². The fourth-order valence-electron chi connectivity index (χ4n) is 1.98. The van der Waals surface area contributed by atoms with Crippen LogP contribution in [0.5, 0.6) is 0 Å². The number of hydrogen-bond acceptors (Lipinski definition) is 5. The molecule has 2 rings (SSSR count). The molecule has 0 aromatic carbocycles. The Morgan fingerprint density at radius 3 is 2.76 bits per heavy atom. The smallest absolute Gasteiger partial charge is 1.00 e. The third kappa shape index (κ3) is 5.39. The van der Waals surface area contributed by atoms with Crippen LogP contribution < -0.4 is 40.3 Å². The number of ether oxygens (including phenoxy) is 2. The molecule has 0 saturated carbocycles. The number of nitrogens with one attached hydrogen (secondary N) is 2. The molecule has 21 heavy (non-hydrogen) atoms. The molecule has 2 N–H and O–H groups in total. The van der Waals surface area contributed by atoms with Gasteiger partial charge in [0.2, 0.25) is 5.43 Å². The van der Waals surface area contributed by atoms with Crippen LogP contribution in [0.15, 0.2) is 22.3 Å². The van der Waals surface area contributed by atoms with Crippen LogP contribution in [0, 0.1) is 0 Å². The molecule has 7 heteroatoms. The van der Waals surface area contributed by atoms with Crippen LogP contribution >= 0.6 is 11.3 Å². The Kier molecular flexibility index (Phi) is 8.55. The molecule has 0 unspecified atom stereocenters. The summed E-state index contributed by atoms with van der Waals surface area (Å²) in [5.41, 5.74) is 0.915. The molecule has 0 bridgehead atoms. The van der Waals surface area contributed by atoms with E-state index in [-0.39, 0.29) is 42.7 Å². The van der Waals surface area contributed by atoms with Crippen molar-refractivity contribution in [2.45, 2.75) is 26.6 Å². The molecule has 5 nitrogen and oxygen atoms in total. The predicted molar refractivity (Wildman–Crippen MR) is 83.7 cm³/mol. The number of anilines is 1. The van der Waals surface area contributed by atoms with Gasteiger partial charge in [-0.25, -0.2) is 0 Å². The van der Waals surface area contributed by atoms with Crippen LogP contribution in [-0.4, -0.2) is 31.0 Å². The third-order valence-electron chi connectivity index (χ3n) is 2.83. The van der Waals surface area contributed by atoms with Crippen molar-refractivity contribution in [2.24, 2.45) is 0 Å². The van der Waals surface area contributed by atoms with Crippen molar-refractivity contribution in [3.8, 4) is 0 Å². The summed E-state index contributed by atoms with van der Waals surface area (Å²) in [5, 5.41) is 5.11. The number of thiophene rings is 1. The van der Waals surface area contributed by atoms with Crippen molar-refractivity contribution >= 4 is 27.4 Å². The van der Waals surface area contributed by atoms with Gasteiger partial charge in [-0.05, 0) is 25.3 Å². The Morgan fingerprint density at radius 1 is 1.38 bits per heavy atom. The monoisotopic (exact) mass is 320 g/mol. The Hall–Kier alpha value is -0.370. The first-order chi connectivity index (χ1) is 9.74. The molecule has 0 aliphatic carbocycles. The molecule has 0 atom stereocenters. The van der Waals surface area contributed by atoms with E-state index in [9.17, 15) is 4.79 Å². The zero-order chi connectivity index (χ0) is 14.4. The van der Waals surface area contributed by atoms with Gasteiger partial charge in [0.25, 0.3) is 0 Å². The normalized spacial score (nSPS) is 10.8. The number of pyridine rings is 1. The minimum absolute atomic E-state index is 0. The van der Waals surface area contributed by atoms with Gasteiger partial charge in [0.1, 0.15) is 5.82 Å². The van der Waals surface area contributed by atoms with Crippen LogP contribution in [0.3, 0.4) is 0 Å². The van der Waals surface area contributed by atoms with E-state index < -0.39 is 0 Å². The minimum atomic E-state index is -0.200. The summed E-state index contributed by atoms with van der Waals surface area (Å²) in [7, 11) is 0.